The maximum atomic E-state index is 13.5. The van der Waals surface area contributed by atoms with Crippen LogP contribution >= 0.6 is 15.9 Å². The summed E-state index contributed by atoms with van der Waals surface area (Å²) in [6, 6.07) is 5.41. The number of hydrazine groups is 1. The first-order valence-corrected chi connectivity index (χ1v) is 7.89. The predicted molar refractivity (Wildman–Crippen MR) is 80.1 cm³/mol. The Kier molecular flexibility index (Phi) is 5.79. The first kappa shape index (κ1) is 14.9. The standard InChI is InChI=1S/C15H22BrFN2/c16-15-12(7-4-8-14(15)17)10-13(19-18)9-11-5-2-1-3-6-11/h4,7-8,11,13,19H,1-3,5-6,9-10,18H2. The van der Waals surface area contributed by atoms with Crippen LogP contribution in [0.4, 0.5) is 4.39 Å². The zero-order valence-corrected chi connectivity index (χ0v) is 12.8. The summed E-state index contributed by atoms with van der Waals surface area (Å²) in [7, 11) is 0. The first-order chi connectivity index (χ1) is 9.20. The van der Waals surface area contributed by atoms with E-state index in [0.29, 0.717) is 4.47 Å². The van der Waals surface area contributed by atoms with Crippen molar-refractivity contribution in [3.05, 3.63) is 34.1 Å². The molecule has 106 valence electrons. The van der Waals surface area contributed by atoms with Crippen LogP contribution in [0, 0.1) is 11.7 Å². The fourth-order valence-corrected chi connectivity index (χ4v) is 3.43. The SMILES string of the molecule is NNC(Cc1cccc(F)c1Br)CC1CCCCC1. The third kappa shape index (κ3) is 4.26. The van der Waals surface area contributed by atoms with Crippen LogP contribution in [0.15, 0.2) is 22.7 Å². The lowest BCUT2D eigenvalue weighted by Gasteiger charge is -2.26. The molecule has 0 amide bonds. The molecule has 1 aliphatic carbocycles. The van der Waals surface area contributed by atoms with Crippen LogP contribution in [-0.2, 0) is 6.42 Å². The molecule has 0 heterocycles. The fraction of sp³-hybridized carbons (Fsp3) is 0.600. The molecule has 1 atom stereocenters. The van der Waals surface area contributed by atoms with Crippen molar-refractivity contribution in [1.29, 1.82) is 0 Å². The lowest BCUT2D eigenvalue weighted by Crippen LogP contribution is -2.38. The molecule has 1 saturated carbocycles. The van der Waals surface area contributed by atoms with Crippen molar-refractivity contribution in [2.45, 2.75) is 51.0 Å². The fourth-order valence-electron chi connectivity index (χ4n) is 3.01. The third-order valence-corrected chi connectivity index (χ3v) is 4.96. The smallest absolute Gasteiger partial charge is 0.137 e. The van der Waals surface area contributed by atoms with Gasteiger partial charge in [-0.05, 0) is 46.3 Å². The number of hydrogen-bond donors (Lipinski definition) is 2. The molecule has 4 heteroatoms. The second-order valence-corrected chi connectivity index (χ2v) is 6.31. The van der Waals surface area contributed by atoms with Gasteiger partial charge in [-0.3, -0.25) is 11.3 Å². The number of rotatable bonds is 5. The van der Waals surface area contributed by atoms with Gasteiger partial charge < -0.3 is 0 Å². The highest BCUT2D eigenvalue weighted by molar-refractivity contribution is 9.10. The molecule has 3 N–H and O–H groups in total. The molecule has 0 aromatic heterocycles. The van der Waals surface area contributed by atoms with E-state index in [1.54, 1.807) is 6.07 Å². The van der Waals surface area contributed by atoms with Gasteiger partial charge in [-0.1, -0.05) is 44.2 Å². The molecule has 1 aromatic rings. The quantitative estimate of drug-likeness (QED) is 0.634. The third-order valence-electron chi connectivity index (χ3n) is 4.08. The molecule has 1 aliphatic rings. The Balaban J connectivity index is 1.96. The molecular formula is C15H22BrFN2. The van der Waals surface area contributed by atoms with E-state index in [4.69, 9.17) is 5.84 Å². The molecular weight excluding hydrogens is 307 g/mol. The van der Waals surface area contributed by atoms with E-state index < -0.39 is 0 Å². The normalized spacial score (nSPS) is 18.5. The second-order valence-electron chi connectivity index (χ2n) is 5.52. The van der Waals surface area contributed by atoms with Crippen molar-refractivity contribution < 1.29 is 4.39 Å². The molecule has 1 unspecified atom stereocenters. The van der Waals surface area contributed by atoms with Gasteiger partial charge in [-0.15, -0.1) is 0 Å². The Bertz CT molecular complexity index is 405. The minimum Gasteiger partial charge on any atom is -0.271 e. The maximum absolute atomic E-state index is 13.5. The van der Waals surface area contributed by atoms with Gasteiger partial charge in [-0.25, -0.2) is 4.39 Å². The zero-order chi connectivity index (χ0) is 13.7. The van der Waals surface area contributed by atoms with Gasteiger partial charge in [0.2, 0.25) is 0 Å². The van der Waals surface area contributed by atoms with Crippen molar-refractivity contribution in [1.82, 2.24) is 5.43 Å². The zero-order valence-electron chi connectivity index (χ0n) is 11.2. The van der Waals surface area contributed by atoms with Crippen molar-refractivity contribution >= 4 is 15.9 Å². The Morgan fingerprint density at radius 3 is 2.74 bits per heavy atom. The van der Waals surface area contributed by atoms with Crippen molar-refractivity contribution in [2.24, 2.45) is 11.8 Å². The van der Waals surface area contributed by atoms with Crippen LogP contribution < -0.4 is 11.3 Å². The average molecular weight is 329 g/mol. The second kappa shape index (κ2) is 7.36. The van der Waals surface area contributed by atoms with Crippen molar-refractivity contribution in [3.8, 4) is 0 Å². The molecule has 0 bridgehead atoms. The molecule has 0 radical (unpaired) electrons. The molecule has 19 heavy (non-hydrogen) atoms. The van der Waals surface area contributed by atoms with Crippen LogP contribution in [0.3, 0.4) is 0 Å². The highest BCUT2D eigenvalue weighted by atomic mass is 79.9. The molecule has 0 saturated heterocycles. The van der Waals surface area contributed by atoms with E-state index in [9.17, 15) is 4.39 Å². The van der Waals surface area contributed by atoms with Gasteiger partial charge in [0.15, 0.2) is 0 Å². The van der Waals surface area contributed by atoms with Gasteiger partial charge in [0.25, 0.3) is 0 Å². The molecule has 1 fully saturated rings. The van der Waals surface area contributed by atoms with Gasteiger partial charge in [0.1, 0.15) is 5.82 Å². The summed E-state index contributed by atoms with van der Waals surface area (Å²) in [6.45, 7) is 0. The summed E-state index contributed by atoms with van der Waals surface area (Å²) in [5, 5.41) is 0. The van der Waals surface area contributed by atoms with Gasteiger partial charge >= 0.3 is 0 Å². The summed E-state index contributed by atoms with van der Waals surface area (Å²) < 4.78 is 14.1. The highest BCUT2D eigenvalue weighted by Gasteiger charge is 2.19. The van der Waals surface area contributed by atoms with Crippen LogP contribution in [0.1, 0.15) is 44.1 Å². The Morgan fingerprint density at radius 2 is 2.05 bits per heavy atom. The van der Waals surface area contributed by atoms with Gasteiger partial charge in [0, 0.05) is 6.04 Å². The Hall–Kier alpha value is -0.450. The summed E-state index contributed by atoms with van der Waals surface area (Å²) in [6.07, 6.45) is 8.51. The minimum atomic E-state index is -0.203. The summed E-state index contributed by atoms with van der Waals surface area (Å²) in [5.41, 5.74) is 3.89. The number of hydrogen-bond acceptors (Lipinski definition) is 2. The number of nitrogens with one attached hydrogen (secondary N) is 1. The van der Waals surface area contributed by atoms with E-state index >= 15 is 0 Å². The number of halogens is 2. The van der Waals surface area contributed by atoms with Crippen LogP contribution in [-0.4, -0.2) is 6.04 Å². The van der Waals surface area contributed by atoms with E-state index in [0.717, 1.165) is 24.3 Å². The van der Waals surface area contributed by atoms with Crippen LogP contribution in [0.5, 0.6) is 0 Å². The van der Waals surface area contributed by atoms with Crippen LogP contribution in [0.2, 0.25) is 0 Å². The van der Waals surface area contributed by atoms with Crippen molar-refractivity contribution in [3.63, 3.8) is 0 Å². The summed E-state index contributed by atoms with van der Waals surface area (Å²) in [5.74, 6) is 6.23. The maximum Gasteiger partial charge on any atom is 0.137 e. The van der Waals surface area contributed by atoms with Crippen molar-refractivity contribution in [2.75, 3.05) is 0 Å². The van der Waals surface area contributed by atoms with Crippen LogP contribution in [0.25, 0.3) is 0 Å². The molecule has 2 rings (SSSR count). The number of benzene rings is 1. The van der Waals surface area contributed by atoms with Gasteiger partial charge in [0.05, 0.1) is 4.47 Å². The molecule has 2 nitrogen and oxygen atoms in total. The highest BCUT2D eigenvalue weighted by Crippen LogP contribution is 2.29. The lowest BCUT2D eigenvalue weighted by atomic mass is 9.84. The summed E-state index contributed by atoms with van der Waals surface area (Å²) in [4.78, 5) is 0. The minimum absolute atomic E-state index is 0.203. The predicted octanol–water partition coefficient (Wildman–Crippen LogP) is 3.93. The first-order valence-electron chi connectivity index (χ1n) is 7.09. The topological polar surface area (TPSA) is 38.0 Å². The van der Waals surface area contributed by atoms with E-state index in [2.05, 4.69) is 21.4 Å². The van der Waals surface area contributed by atoms with E-state index in [1.165, 1.54) is 38.2 Å². The van der Waals surface area contributed by atoms with E-state index in [1.807, 2.05) is 6.07 Å². The number of nitrogens with two attached hydrogens (primary N) is 1. The lowest BCUT2D eigenvalue weighted by molar-refractivity contribution is 0.297. The largest absolute Gasteiger partial charge is 0.271 e. The average Bonchev–Trinajstić information content (AvgIpc) is 2.44. The Labute approximate surface area is 123 Å². The van der Waals surface area contributed by atoms with Gasteiger partial charge in [-0.2, -0.15) is 0 Å². The molecule has 0 aliphatic heterocycles. The Morgan fingerprint density at radius 1 is 1.32 bits per heavy atom. The summed E-state index contributed by atoms with van der Waals surface area (Å²) >= 11 is 3.32. The molecule has 0 spiro atoms. The molecule has 1 aromatic carbocycles. The monoisotopic (exact) mass is 328 g/mol. The van der Waals surface area contributed by atoms with E-state index in [-0.39, 0.29) is 11.9 Å².